The molecule has 8 heteroatoms. The highest BCUT2D eigenvalue weighted by molar-refractivity contribution is 6.01. The van der Waals surface area contributed by atoms with Gasteiger partial charge in [-0.25, -0.2) is 4.98 Å². The third-order valence-corrected chi connectivity index (χ3v) is 4.86. The molecule has 8 nitrogen and oxygen atoms in total. The van der Waals surface area contributed by atoms with Crippen molar-refractivity contribution in [2.24, 2.45) is 0 Å². The first-order chi connectivity index (χ1) is 15.6. The van der Waals surface area contributed by atoms with Crippen LogP contribution in [-0.4, -0.2) is 46.1 Å². The molecule has 0 aliphatic heterocycles. The van der Waals surface area contributed by atoms with Gasteiger partial charge in [-0.05, 0) is 29.7 Å². The first-order valence-electron chi connectivity index (χ1n) is 10.2. The zero-order valence-corrected chi connectivity index (χ0v) is 17.9. The van der Waals surface area contributed by atoms with Gasteiger partial charge in [0.15, 0.2) is 0 Å². The Morgan fingerprint density at radius 3 is 2.41 bits per heavy atom. The molecule has 164 valence electrons. The second kappa shape index (κ2) is 11.4. The Bertz CT molecular complexity index is 1040. The molecule has 32 heavy (non-hydrogen) atoms. The zero-order valence-electron chi connectivity index (χ0n) is 17.9. The van der Waals surface area contributed by atoms with Gasteiger partial charge in [0.25, 0.3) is 5.91 Å². The molecule has 0 saturated heterocycles. The van der Waals surface area contributed by atoms with E-state index < -0.39 is 5.91 Å². The van der Waals surface area contributed by atoms with Gasteiger partial charge in [0.1, 0.15) is 23.1 Å². The molecular weight excluding hydrogens is 404 g/mol. The Hall–Kier alpha value is -4.07. The van der Waals surface area contributed by atoms with Crippen LogP contribution in [0.3, 0.4) is 0 Å². The second-order valence-corrected chi connectivity index (χ2v) is 7.09. The summed E-state index contributed by atoms with van der Waals surface area (Å²) >= 11 is 0. The summed E-state index contributed by atoms with van der Waals surface area (Å²) in [6.45, 7) is 0.316. The Kier molecular flexibility index (Phi) is 8.02. The highest BCUT2D eigenvalue weighted by Crippen LogP contribution is 2.15. The normalized spacial score (nSPS) is 10.3. The summed E-state index contributed by atoms with van der Waals surface area (Å²) in [6.07, 6.45) is 5.47. The van der Waals surface area contributed by atoms with E-state index in [1.165, 1.54) is 18.6 Å². The third-order valence-electron chi connectivity index (χ3n) is 4.86. The van der Waals surface area contributed by atoms with Crippen molar-refractivity contribution in [2.75, 3.05) is 13.7 Å². The van der Waals surface area contributed by atoms with Crippen LogP contribution >= 0.6 is 0 Å². The summed E-state index contributed by atoms with van der Waals surface area (Å²) in [5.74, 6) is 0.758. The average Bonchev–Trinajstić information content (AvgIpc) is 2.85. The first kappa shape index (κ1) is 22.6. The number of benzene rings is 2. The van der Waals surface area contributed by atoms with E-state index in [1.54, 1.807) is 12.0 Å². The van der Waals surface area contributed by atoms with Crippen LogP contribution in [-0.2, 0) is 13.0 Å². The minimum atomic E-state index is -0.414. The van der Waals surface area contributed by atoms with Gasteiger partial charge in [-0.1, -0.05) is 42.5 Å². The van der Waals surface area contributed by atoms with Crippen LogP contribution in [0.4, 0.5) is 0 Å². The van der Waals surface area contributed by atoms with E-state index in [0.29, 0.717) is 25.2 Å². The highest BCUT2D eigenvalue weighted by atomic mass is 16.5. The second-order valence-electron chi connectivity index (χ2n) is 7.09. The number of nitrogens with one attached hydrogen (secondary N) is 3. The summed E-state index contributed by atoms with van der Waals surface area (Å²) in [6, 6.07) is 17.4. The van der Waals surface area contributed by atoms with Crippen LogP contribution in [0.2, 0.25) is 0 Å². The molecule has 0 aliphatic carbocycles. The van der Waals surface area contributed by atoms with E-state index in [2.05, 4.69) is 15.3 Å². The maximum Gasteiger partial charge on any atom is 0.271 e. The number of hydrogen-bond acceptors (Lipinski definition) is 6. The number of carbonyl (C=O) groups excluding carboxylic acids is 1. The molecule has 3 N–H and O–H groups in total. The van der Waals surface area contributed by atoms with Crippen molar-refractivity contribution >= 4 is 17.6 Å². The molecule has 0 unspecified atom stereocenters. The van der Waals surface area contributed by atoms with E-state index >= 15 is 0 Å². The van der Waals surface area contributed by atoms with Crippen LogP contribution in [0, 0.1) is 10.8 Å². The molecule has 3 aromatic rings. The molecule has 3 rings (SSSR count). The van der Waals surface area contributed by atoms with E-state index in [1.807, 2.05) is 54.6 Å². The number of hydrogen-bond donors (Lipinski definition) is 3. The van der Waals surface area contributed by atoms with Crippen molar-refractivity contribution in [1.82, 2.24) is 20.2 Å². The number of rotatable bonds is 9. The third kappa shape index (κ3) is 6.46. The van der Waals surface area contributed by atoms with Gasteiger partial charge in [-0.15, -0.1) is 0 Å². The van der Waals surface area contributed by atoms with Gasteiger partial charge >= 0.3 is 0 Å². The van der Waals surface area contributed by atoms with Crippen LogP contribution < -0.4 is 10.1 Å². The molecule has 0 aliphatic rings. The number of ether oxygens (including phenoxy) is 1. The largest absolute Gasteiger partial charge is 0.497 e. The lowest BCUT2D eigenvalue weighted by Crippen LogP contribution is -2.42. The van der Waals surface area contributed by atoms with Crippen LogP contribution in [0.1, 0.15) is 28.0 Å². The smallest absolute Gasteiger partial charge is 0.271 e. The Balaban J connectivity index is 1.68. The first-order valence-corrected chi connectivity index (χ1v) is 10.2. The van der Waals surface area contributed by atoms with Crippen LogP contribution in [0.5, 0.6) is 5.75 Å². The zero-order chi connectivity index (χ0) is 22.8. The Morgan fingerprint density at radius 2 is 1.75 bits per heavy atom. The number of aryl methyl sites for hydroxylation is 1. The van der Waals surface area contributed by atoms with Gasteiger partial charge in [0, 0.05) is 18.8 Å². The van der Waals surface area contributed by atoms with Gasteiger partial charge < -0.3 is 15.0 Å². The number of carbonyl (C=O) groups is 1. The Morgan fingerprint density at radius 1 is 1.00 bits per heavy atom. The summed E-state index contributed by atoms with van der Waals surface area (Å²) in [5, 5.41) is 19.9. The van der Waals surface area contributed by atoms with Crippen LogP contribution in [0.25, 0.3) is 0 Å². The highest BCUT2D eigenvalue weighted by Gasteiger charge is 2.17. The molecule has 1 heterocycles. The monoisotopic (exact) mass is 430 g/mol. The van der Waals surface area contributed by atoms with Crippen molar-refractivity contribution in [3.05, 3.63) is 90.0 Å². The molecule has 0 bridgehead atoms. The van der Waals surface area contributed by atoms with Crippen molar-refractivity contribution in [3.8, 4) is 5.75 Å². The molecule has 0 spiro atoms. The fraction of sp³-hybridized carbons (Fsp3) is 0.208. The van der Waals surface area contributed by atoms with Crippen molar-refractivity contribution in [1.29, 1.82) is 10.8 Å². The quantitative estimate of drug-likeness (QED) is 0.356. The standard InChI is InChI=1S/C24H26N6O2/c1-32-20-10-7-19(8-11-20)17-30(22(25)12-9-18-5-3-2-4-6-18)23(26)16-29-24(31)21-15-27-13-14-28-21/h2-8,10-11,13-15,25-26H,9,12,16-17H2,1H3,(H,29,31). The minimum absolute atomic E-state index is 0.0285. The maximum absolute atomic E-state index is 12.3. The van der Waals surface area contributed by atoms with Gasteiger partial charge in [0.05, 0.1) is 26.4 Å². The summed E-state index contributed by atoms with van der Waals surface area (Å²) in [7, 11) is 1.61. The van der Waals surface area contributed by atoms with E-state index in [4.69, 9.17) is 15.6 Å². The topological polar surface area (TPSA) is 115 Å². The van der Waals surface area contributed by atoms with E-state index in [0.717, 1.165) is 16.9 Å². The molecule has 1 aromatic heterocycles. The lowest BCUT2D eigenvalue weighted by Gasteiger charge is -2.26. The summed E-state index contributed by atoms with van der Waals surface area (Å²) < 4.78 is 5.21. The number of amides is 1. The predicted molar refractivity (Wildman–Crippen MR) is 123 cm³/mol. The minimum Gasteiger partial charge on any atom is -0.497 e. The number of nitrogens with zero attached hydrogens (tertiary/aromatic N) is 3. The SMILES string of the molecule is COc1ccc(CN(C(=N)CCc2ccccc2)C(=N)CNC(=O)c2cnccn2)cc1. The van der Waals surface area contributed by atoms with Crippen LogP contribution in [0.15, 0.2) is 73.2 Å². The van der Waals surface area contributed by atoms with Crippen molar-refractivity contribution in [3.63, 3.8) is 0 Å². The molecule has 0 radical (unpaired) electrons. The van der Waals surface area contributed by atoms with Gasteiger partial charge in [0.2, 0.25) is 0 Å². The maximum atomic E-state index is 12.3. The van der Waals surface area contributed by atoms with Gasteiger partial charge in [-0.2, -0.15) is 0 Å². The number of aromatic nitrogens is 2. The predicted octanol–water partition coefficient (Wildman–Crippen LogP) is 3.30. The fourth-order valence-corrected chi connectivity index (χ4v) is 3.08. The lowest BCUT2D eigenvalue weighted by molar-refractivity contribution is 0.0953. The van der Waals surface area contributed by atoms with Crippen molar-refractivity contribution < 1.29 is 9.53 Å². The average molecular weight is 431 g/mol. The number of amidine groups is 2. The van der Waals surface area contributed by atoms with Crippen molar-refractivity contribution in [2.45, 2.75) is 19.4 Å². The molecule has 2 aromatic carbocycles. The molecule has 0 atom stereocenters. The summed E-state index contributed by atoms with van der Waals surface area (Å²) in [5.41, 5.74) is 2.24. The number of methoxy groups -OCH3 is 1. The molecule has 1 amide bonds. The van der Waals surface area contributed by atoms with Gasteiger partial charge in [-0.3, -0.25) is 20.6 Å². The fourth-order valence-electron chi connectivity index (χ4n) is 3.08. The Labute approximate surface area is 187 Å². The summed E-state index contributed by atoms with van der Waals surface area (Å²) in [4.78, 5) is 21.8. The molecule has 0 saturated carbocycles. The molecular formula is C24H26N6O2. The molecule has 0 fully saturated rings. The van der Waals surface area contributed by atoms with E-state index in [-0.39, 0.29) is 18.1 Å². The van der Waals surface area contributed by atoms with E-state index in [9.17, 15) is 4.79 Å². The lowest BCUT2D eigenvalue weighted by atomic mass is 10.1.